The first-order valence-corrected chi connectivity index (χ1v) is 7.25. The third kappa shape index (κ3) is 6.17. The molecular formula is C16H26N2O2. The number of rotatable bonds is 9. The summed E-state index contributed by atoms with van der Waals surface area (Å²) >= 11 is 0. The van der Waals surface area contributed by atoms with Gasteiger partial charge in [-0.2, -0.15) is 0 Å². The van der Waals surface area contributed by atoms with Gasteiger partial charge in [0, 0.05) is 19.7 Å². The average Bonchev–Trinajstić information content (AvgIpc) is 2.44. The van der Waals surface area contributed by atoms with Crippen LogP contribution in [0.15, 0.2) is 30.3 Å². The number of amides is 1. The van der Waals surface area contributed by atoms with Crippen molar-refractivity contribution in [1.82, 2.24) is 5.32 Å². The normalized spacial score (nSPS) is 12.4. The van der Waals surface area contributed by atoms with Crippen LogP contribution >= 0.6 is 0 Å². The monoisotopic (exact) mass is 278 g/mol. The van der Waals surface area contributed by atoms with Crippen LogP contribution in [0.1, 0.15) is 31.7 Å². The number of nitrogens with one attached hydrogen (secondary N) is 1. The van der Waals surface area contributed by atoms with Gasteiger partial charge in [-0.05, 0) is 17.9 Å². The Labute approximate surface area is 121 Å². The van der Waals surface area contributed by atoms with Crippen molar-refractivity contribution in [2.75, 3.05) is 26.3 Å². The van der Waals surface area contributed by atoms with E-state index in [9.17, 15) is 4.79 Å². The Bertz CT molecular complexity index is 379. The summed E-state index contributed by atoms with van der Waals surface area (Å²) in [6, 6.07) is 9.62. The quantitative estimate of drug-likeness (QED) is 0.678. The smallest absolute Gasteiger partial charge is 0.228 e. The molecule has 20 heavy (non-hydrogen) atoms. The number of hydrogen-bond acceptors (Lipinski definition) is 3. The molecule has 1 unspecified atom stereocenters. The lowest BCUT2D eigenvalue weighted by molar-refractivity contribution is -0.122. The second-order valence-electron chi connectivity index (χ2n) is 5.28. The zero-order valence-corrected chi connectivity index (χ0v) is 12.5. The van der Waals surface area contributed by atoms with Crippen molar-refractivity contribution >= 4 is 5.91 Å². The second-order valence-corrected chi connectivity index (χ2v) is 5.28. The number of carbonyl (C=O) groups excluding carboxylic acids is 1. The van der Waals surface area contributed by atoms with E-state index < -0.39 is 0 Å². The standard InChI is InChI=1S/C16H26N2O2/c1-13(2)8-10-20-11-9-18-16(19)15(12-17)14-6-4-3-5-7-14/h3-7,13,15H,8-12,17H2,1-2H3,(H,18,19). The summed E-state index contributed by atoms with van der Waals surface area (Å²) in [5.41, 5.74) is 6.65. The van der Waals surface area contributed by atoms with Gasteiger partial charge in [-0.15, -0.1) is 0 Å². The molecule has 0 aromatic heterocycles. The molecule has 1 atom stereocenters. The molecule has 0 fully saturated rings. The van der Waals surface area contributed by atoms with Crippen molar-refractivity contribution in [3.8, 4) is 0 Å². The molecule has 112 valence electrons. The SMILES string of the molecule is CC(C)CCOCCNC(=O)C(CN)c1ccccc1. The Morgan fingerprint density at radius 2 is 1.95 bits per heavy atom. The van der Waals surface area contributed by atoms with Crippen LogP contribution in [0.3, 0.4) is 0 Å². The highest BCUT2D eigenvalue weighted by Crippen LogP contribution is 2.13. The Balaban J connectivity index is 2.27. The summed E-state index contributed by atoms with van der Waals surface area (Å²) in [6.45, 7) is 6.45. The molecule has 1 aromatic rings. The van der Waals surface area contributed by atoms with Gasteiger partial charge in [-0.25, -0.2) is 0 Å². The number of benzene rings is 1. The van der Waals surface area contributed by atoms with E-state index in [4.69, 9.17) is 10.5 Å². The minimum absolute atomic E-state index is 0.0360. The zero-order valence-electron chi connectivity index (χ0n) is 12.5. The van der Waals surface area contributed by atoms with Crippen LogP contribution in [0.5, 0.6) is 0 Å². The molecule has 0 heterocycles. The topological polar surface area (TPSA) is 64.3 Å². The van der Waals surface area contributed by atoms with Crippen LogP contribution in [0.4, 0.5) is 0 Å². The minimum Gasteiger partial charge on any atom is -0.380 e. The van der Waals surface area contributed by atoms with E-state index in [1.807, 2.05) is 30.3 Å². The third-order valence-electron chi connectivity index (χ3n) is 3.14. The van der Waals surface area contributed by atoms with Gasteiger partial charge in [-0.1, -0.05) is 44.2 Å². The van der Waals surface area contributed by atoms with Crippen molar-refractivity contribution in [2.24, 2.45) is 11.7 Å². The fourth-order valence-corrected chi connectivity index (χ4v) is 1.87. The molecule has 3 N–H and O–H groups in total. The van der Waals surface area contributed by atoms with Gasteiger partial charge in [0.05, 0.1) is 12.5 Å². The van der Waals surface area contributed by atoms with Crippen molar-refractivity contribution in [2.45, 2.75) is 26.2 Å². The van der Waals surface area contributed by atoms with Crippen LogP contribution in [0.2, 0.25) is 0 Å². The molecule has 0 spiro atoms. The highest BCUT2D eigenvalue weighted by Gasteiger charge is 2.17. The number of nitrogens with two attached hydrogens (primary N) is 1. The summed E-state index contributed by atoms with van der Waals surface area (Å²) in [6.07, 6.45) is 1.05. The first-order valence-electron chi connectivity index (χ1n) is 7.25. The zero-order chi connectivity index (χ0) is 14.8. The summed E-state index contributed by atoms with van der Waals surface area (Å²) in [4.78, 5) is 12.1. The van der Waals surface area contributed by atoms with Crippen LogP contribution in [0.25, 0.3) is 0 Å². The van der Waals surface area contributed by atoms with Crippen molar-refractivity contribution in [3.05, 3.63) is 35.9 Å². The van der Waals surface area contributed by atoms with Gasteiger partial charge in [0.2, 0.25) is 5.91 Å². The minimum atomic E-state index is -0.285. The van der Waals surface area contributed by atoms with Gasteiger partial charge in [-0.3, -0.25) is 4.79 Å². The van der Waals surface area contributed by atoms with E-state index in [2.05, 4.69) is 19.2 Å². The first kappa shape index (κ1) is 16.7. The number of ether oxygens (including phenoxy) is 1. The Morgan fingerprint density at radius 1 is 1.25 bits per heavy atom. The van der Waals surface area contributed by atoms with Gasteiger partial charge < -0.3 is 15.8 Å². The van der Waals surface area contributed by atoms with E-state index in [-0.39, 0.29) is 11.8 Å². The average molecular weight is 278 g/mol. The van der Waals surface area contributed by atoms with E-state index >= 15 is 0 Å². The third-order valence-corrected chi connectivity index (χ3v) is 3.14. The number of hydrogen-bond donors (Lipinski definition) is 2. The molecule has 0 saturated carbocycles. The maximum absolute atomic E-state index is 12.1. The lowest BCUT2D eigenvalue weighted by atomic mass is 9.98. The van der Waals surface area contributed by atoms with Crippen LogP contribution in [-0.2, 0) is 9.53 Å². The number of carbonyl (C=O) groups is 1. The molecule has 0 saturated heterocycles. The molecule has 4 heteroatoms. The fourth-order valence-electron chi connectivity index (χ4n) is 1.87. The maximum atomic E-state index is 12.1. The van der Waals surface area contributed by atoms with Gasteiger partial charge in [0.25, 0.3) is 0 Å². The van der Waals surface area contributed by atoms with E-state index in [0.29, 0.717) is 25.6 Å². The van der Waals surface area contributed by atoms with Gasteiger partial charge in [0.15, 0.2) is 0 Å². The molecule has 0 aliphatic heterocycles. The summed E-state index contributed by atoms with van der Waals surface area (Å²) in [5, 5.41) is 2.88. The van der Waals surface area contributed by atoms with E-state index in [0.717, 1.165) is 18.6 Å². The van der Waals surface area contributed by atoms with Crippen molar-refractivity contribution in [1.29, 1.82) is 0 Å². The Hall–Kier alpha value is -1.39. The fraction of sp³-hybridized carbons (Fsp3) is 0.562. The van der Waals surface area contributed by atoms with Crippen molar-refractivity contribution in [3.63, 3.8) is 0 Å². The molecule has 1 aromatic carbocycles. The lowest BCUT2D eigenvalue weighted by Crippen LogP contribution is -2.35. The van der Waals surface area contributed by atoms with E-state index in [1.165, 1.54) is 0 Å². The maximum Gasteiger partial charge on any atom is 0.228 e. The van der Waals surface area contributed by atoms with Crippen molar-refractivity contribution < 1.29 is 9.53 Å². The highest BCUT2D eigenvalue weighted by molar-refractivity contribution is 5.83. The van der Waals surface area contributed by atoms with Crippen LogP contribution in [-0.4, -0.2) is 32.2 Å². The molecule has 0 aliphatic rings. The predicted molar refractivity (Wildman–Crippen MR) is 81.5 cm³/mol. The van der Waals surface area contributed by atoms with Crippen LogP contribution in [0, 0.1) is 5.92 Å². The molecule has 1 amide bonds. The van der Waals surface area contributed by atoms with Gasteiger partial charge >= 0.3 is 0 Å². The molecular weight excluding hydrogens is 252 g/mol. The van der Waals surface area contributed by atoms with Gasteiger partial charge in [0.1, 0.15) is 0 Å². The van der Waals surface area contributed by atoms with E-state index in [1.54, 1.807) is 0 Å². The Kier molecular flexibility index (Phi) is 7.92. The first-order chi connectivity index (χ1) is 9.65. The molecule has 4 nitrogen and oxygen atoms in total. The summed E-state index contributed by atoms with van der Waals surface area (Å²) < 4.78 is 5.47. The summed E-state index contributed by atoms with van der Waals surface area (Å²) in [5.74, 6) is 0.322. The molecule has 0 bridgehead atoms. The Morgan fingerprint density at radius 3 is 2.55 bits per heavy atom. The second kappa shape index (κ2) is 9.50. The molecule has 0 radical (unpaired) electrons. The molecule has 1 rings (SSSR count). The largest absolute Gasteiger partial charge is 0.380 e. The lowest BCUT2D eigenvalue weighted by Gasteiger charge is -2.15. The molecule has 0 aliphatic carbocycles. The predicted octanol–water partition coefficient (Wildman–Crippen LogP) is 1.91. The highest BCUT2D eigenvalue weighted by atomic mass is 16.5. The van der Waals surface area contributed by atoms with Crippen LogP contribution < -0.4 is 11.1 Å². The summed E-state index contributed by atoms with van der Waals surface area (Å²) in [7, 11) is 0.